The van der Waals surface area contributed by atoms with E-state index < -0.39 is 22.3 Å². The Kier molecular flexibility index (Phi) is 4.66. The Labute approximate surface area is 183 Å². The first-order valence-electron chi connectivity index (χ1n) is 10.7. The third-order valence-electron chi connectivity index (χ3n) is 8.50. The molecule has 3 nitrogen and oxygen atoms in total. The van der Waals surface area contributed by atoms with E-state index in [1.54, 1.807) is 7.11 Å². The predicted molar refractivity (Wildman–Crippen MR) is 136 cm³/mol. The standard InChI is InChI=1S/C24H33NO2Si3/c1-15-12-16-10-9-11-17(18(16)13-15)21-19(24(25)26)14-20-22(27-2)23(21)29(5,6)30(7,8)28(20,3)4/h9-11,13-14H,12H2,1-8H3,(H2,25,26). The van der Waals surface area contributed by atoms with Crippen molar-refractivity contribution in [2.75, 3.05) is 7.11 Å². The molecule has 1 heterocycles. The second-order valence-corrected chi connectivity index (χ2v) is 37.8. The predicted octanol–water partition coefficient (Wildman–Crippen LogP) is 4.13. The van der Waals surface area contributed by atoms with Gasteiger partial charge in [-0.1, -0.05) is 69.1 Å². The number of ether oxygens (including phenoxy) is 1. The molecule has 158 valence electrons. The maximum atomic E-state index is 12.8. The molecule has 0 radical (unpaired) electrons. The van der Waals surface area contributed by atoms with Crippen LogP contribution in [-0.4, -0.2) is 35.3 Å². The Morgan fingerprint density at radius 2 is 1.73 bits per heavy atom. The molecule has 2 aliphatic rings. The van der Waals surface area contributed by atoms with E-state index >= 15 is 0 Å². The van der Waals surface area contributed by atoms with Crippen molar-refractivity contribution in [1.82, 2.24) is 0 Å². The van der Waals surface area contributed by atoms with Gasteiger partial charge in [-0.15, -0.1) is 0 Å². The van der Waals surface area contributed by atoms with Crippen LogP contribution in [0.25, 0.3) is 17.2 Å². The van der Waals surface area contributed by atoms with Gasteiger partial charge in [-0.3, -0.25) is 4.79 Å². The summed E-state index contributed by atoms with van der Waals surface area (Å²) < 4.78 is 6.14. The number of primary amides is 1. The van der Waals surface area contributed by atoms with E-state index in [1.807, 2.05) is 0 Å². The van der Waals surface area contributed by atoms with Crippen molar-refractivity contribution >= 4 is 44.6 Å². The molecular weight excluding hydrogens is 419 g/mol. The molecule has 0 atom stereocenters. The molecule has 2 aromatic rings. The molecule has 1 aliphatic heterocycles. The lowest BCUT2D eigenvalue weighted by Crippen LogP contribution is -2.82. The number of nitrogens with two attached hydrogens (primary N) is 1. The molecule has 0 unspecified atom stereocenters. The van der Waals surface area contributed by atoms with E-state index in [9.17, 15) is 4.79 Å². The molecule has 0 fully saturated rings. The topological polar surface area (TPSA) is 52.3 Å². The Morgan fingerprint density at radius 1 is 1.07 bits per heavy atom. The number of rotatable bonds is 3. The van der Waals surface area contributed by atoms with Gasteiger partial charge in [-0.2, -0.15) is 0 Å². The van der Waals surface area contributed by atoms with Crippen LogP contribution >= 0.6 is 0 Å². The molecule has 1 amide bonds. The average molecular weight is 452 g/mol. The van der Waals surface area contributed by atoms with Crippen LogP contribution in [0.1, 0.15) is 28.4 Å². The molecule has 1 aliphatic carbocycles. The SMILES string of the molecule is COc1c2cc(C(N)=O)c(-c3cccc4c3C=C(C)C4)c1[Si](C)(C)[Si](C)(C)[Si]2(C)C. The zero-order valence-corrected chi connectivity index (χ0v) is 22.5. The summed E-state index contributed by atoms with van der Waals surface area (Å²) in [6.45, 7) is 17.3. The van der Waals surface area contributed by atoms with Crippen LogP contribution < -0.4 is 20.8 Å². The van der Waals surface area contributed by atoms with Crippen molar-refractivity contribution in [3.8, 4) is 16.9 Å². The molecule has 0 saturated heterocycles. The van der Waals surface area contributed by atoms with E-state index in [0.29, 0.717) is 5.56 Å². The van der Waals surface area contributed by atoms with Gasteiger partial charge in [0, 0.05) is 12.7 Å². The van der Waals surface area contributed by atoms with Gasteiger partial charge in [0.2, 0.25) is 5.91 Å². The van der Waals surface area contributed by atoms with Gasteiger partial charge in [-0.25, -0.2) is 0 Å². The monoisotopic (exact) mass is 451 g/mol. The van der Waals surface area contributed by atoms with E-state index in [4.69, 9.17) is 10.5 Å². The summed E-state index contributed by atoms with van der Waals surface area (Å²) in [4.78, 5) is 12.8. The van der Waals surface area contributed by atoms with Crippen LogP contribution in [0.2, 0.25) is 39.3 Å². The summed E-state index contributed by atoms with van der Waals surface area (Å²) in [7, 11) is -3.51. The van der Waals surface area contributed by atoms with Gasteiger partial charge in [0.1, 0.15) is 5.75 Å². The first-order valence-corrected chi connectivity index (χ1v) is 21.7. The van der Waals surface area contributed by atoms with E-state index in [0.717, 1.165) is 23.3 Å². The maximum Gasteiger partial charge on any atom is 0.249 e. The van der Waals surface area contributed by atoms with Gasteiger partial charge < -0.3 is 10.5 Å². The van der Waals surface area contributed by atoms with Crippen LogP contribution in [0.3, 0.4) is 0 Å². The zero-order valence-electron chi connectivity index (χ0n) is 19.5. The number of hydrogen-bond acceptors (Lipinski definition) is 2. The number of fused-ring (bicyclic) bond motifs is 3. The second kappa shape index (κ2) is 6.55. The third-order valence-corrected chi connectivity index (χ3v) is 49.8. The van der Waals surface area contributed by atoms with Crippen LogP contribution in [0.15, 0.2) is 29.8 Å². The first kappa shape index (κ1) is 21.3. The van der Waals surface area contributed by atoms with Crippen LogP contribution in [0.4, 0.5) is 0 Å². The Morgan fingerprint density at radius 3 is 2.33 bits per heavy atom. The Hall–Kier alpha value is -1.90. The van der Waals surface area contributed by atoms with Gasteiger partial charge in [0.05, 0.1) is 22.3 Å². The molecule has 0 saturated carbocycles. The molecule has 0 aromatic heterocycles. The van der Waals surface area contributed by atoms with Crippen LogP contribution in [0, 0.1) is 0 Å². The Bertz CT molecular complexity index is 1130. The summed E-state index contributed by atoms with van der Waals surface area (Å²) >= 11 is 0. The number of allylic oxidation sites excluding steroid dienone is 1. The van der Waals surface area contributed by atoms with Gasteiger partial charge in [0.15, 0.2) is 0 Å². The number of hydrogen-bond donors (Lipinski definition) is 1. The van der Waals surface area contributed by atoms with E-state index in [1.165, 1.54) is 27.1 Å². The highest BCUT2D eigenvalue weighted by atomic mass is 29.6. The fourth-order valence-corrected chi connectivity index (χ4v) is 37.8. The number of carbonyl (C=O) groups excluding carboxylic acids is 1. The first-order chi connectivity index (χ1) is 13.9. The van der Waals surface area contributed by atoms with Crippen LogP contribution in [0.5, 0.6) is 5.75 Å². The third kappa shape index (κ3) is 2.56. The fourth-order valence-electron chi connectivity index (χ4n) is 5.60. The maximum absolute atomic E-state index is 12.8. The highest BCUT2D eigenvalue weighted by Crippen LogP contribution is 2.43. The molecule has 30 heavy (non-hydrogen) atoms. The van der Waals surface area contributed by atoms with Crippen molar-refractivity contribution in [3.05, 3.63) is 46.5 Å². The Balaban J connectivity index is 2.22. The molecule has 2 N–H and O–H groups in total. The summed E-state index contributed by atoms with van der Waals surface area (Å²) in [6, 6.07) is 8.60. The summed E-state index contributed by atoms with van der Waals surface area (Å²) in [5, 5.41) is 2.62. The quantitative estimate of drug-likeness (QED) is 0.713. The lowest BCUT2D eigenvalue weighted by molar-refractivity contribution is 0.100. The molecular formula is C24H33NO2Si3. The number of benzene rings is 2. The summed E-state index contributed by atoms with van der Waals surface area (Å²) in [6.07, 6.45) is 3.25. The summed E-state index contributed by atoms with van der Waals surface area (Å²) in [5.74, 6) is 0.717. The van der Waals surface area contributed by atoms with Crippen molar-refractivity contribution < 1.29 is 9.53 Å². The number of methoxy groups -OCH3 is 1. The largest absolute Gasteiger partial charge is 0.497 e. The lowest BCUT2D eigenvalue weighted by atomic mass is 9.93. The van der Waals surface area contributed by atoms with Crippen molar-refractivity contribution in [2.24, 2.45) is 5.73 Å². The number of carbonyl (C=O) groups is 1. The fraction of sp³-hybridized carbons (Fsp3) is 0.375. The van der Waals surface area contributed by atoms with Gasteiger partial charge in [-0.05, 0) is 52.0 Å². The molecule has 0 spiro atoms. The van der Waals surface area contributed by atoms with E-state index in [2.05, 4.69) is 76.5 Å². The smallest absolute Gasteiger partial charge is 0.249 e. The second-order valence-electron chi connectivity index (χ2n) is 10.5. The van der Waals surface area contributed by atoms with Crippen molar-refractivity contribution in [1.29, 1.82) is 0 Å². The minimum absolute atomic E-state index is 0.331. The normalized spacial score (nSPS) is 19.8. The minimum Gasteiger partial charge on any atom is -0.497 e. The highest BCUT2D eigenvalue weighted by Gasteiger charge is 2.60. The molecule has 2 aromatic carbocycles. The number of amides is 1. The average Bonchev–Trinajstić information content (AvgIpc) is 3.05. The minimum atomic E-state index is -1.91. The van der Waals surface area contributed by atoms with E-state index in [-0.39, 0.29) is 5.91 Å². The summed E-state index contributed by atoms with van der Waals surface area (Å²) in [5.41, 5.74) is 12.8. The molecule has 6 heteroatoms. The van der Waals surface area contributed by atoms with Crippen molar-refractivity contribution in [3.63, 3.8) is 0 Å². The highest BCUT2D eigenvalue weighted by molar-refractivity contribution is 7.74. The van der Waals surface area contributed by atoms with Gasteiger partial charge in [0.25, 0.3) is 0 Å². The molecule has 2 bridgehead atoms. The molecule has 4 rings (SSSR count). The van der Waals surface area contributed by atoms with Crippen molar-refractivity contribution in [2.45, 2.75) is 52.6 Å². The van der Waals surface area contributed by atoms with Gasteiger partial charge >= 0.3 is 0 Å². The van der Waals surface area contributed by atoms with Crippen LogP contribution in [-0.2, 0) is 6.42 Å². The zero-order chi connectivity index (χ0) is 22.2. The lowest BCUT2D eigenvalue weighted by Gasteiger charge is -2.54.